The van der Waals surface area contributed by atoms with E-state index in [4.69, 9.17) is 0 Å². The van der Waals surface area contributed by atoms with E-state index in [1.54, 1.807) is 13.8 Å². The first-order valence-electron chi connectivity index (χ1n) is 6.18. The topological polar surface area (TPSA) is 66.5 Å². The summed E-state index contributed by atoms with van der Waals surface area (Å²) < 4.78 is 0. The van der Waals surface area contributed by atoms with Gasteiger partial charge in [0.05, 0.1) is 0 Å². The number of carbonyl (C=O) groups excluding carboxylic acids is 3. The number of nitrogens with zero attached hydrogens (tertiary/aromatic N) is 1. The fourth-order valence-electron chi connectivity index (χ4n) is 2.20. The summed E-state index contributed by atoms with van der Waals surface area (Å²) in [6.07, 6.45) is 2.05. The van der Waals surface area contributed by atoms with Gasteiger partial charge >= 0.3 is 6.03 Å². The second-order valence-corrected chi connectivity index (χ2v) is 6.58. The van der Waals surface area contributed by atoms with Gasteiger partial charge in [-0.25, -0.2) is 4.79 Å². The van der Waals surface area contributed by atoms with Crippen molar-refractivity contribution in [2.75, 3.05) is 18.1 Å². The van der Waals surface area contributed by atoms with Gasteiger partial charge in [0.15, 0.2) is 0 Å². The van der Waals surface area contributed by atoms with Gasteiger partial charge in [-0.05, 0) is 44.1 Å². The summed E-state index contributed by atoms with van der Waals surface area (Å²) in [6.45, 7) is 3.55. The Kier molecular flexibility index (Phi) is 3.66. The Morgan fingerprint density at radius 1 is 1.28 bits per heavy atom. The normalized spacial score (nSPS) is 25.2. The maximum atomic E-state index is 12.2. The highest BCUT2D eigenvalue weighted by Gasteiger charge is 2.47. The zero-order valence-electron chi connectivity index (χ0n) is 10.7. The van der Waals surface area contributed by atoms with Gasteiger partial charge in [-0.15, -0.1) is 0 Å². The number of hydrogen-bond donors (Lipinski definition) is 1. The van der Waals surface area contributed by atoms with E-state index < -0.39 is 17.4 Å². The van der Waals surface area contributed by atoms with Crippen molar-refractivity contribution in [1.29, 1.82) is 0 Å². The van der Waals surface area contributed by atoms with E-state index >= 15 is 0 Å². The summed E-state index contributed by atoms with van der Waals surface area (Å²) in [7, 11) is 0. The minimum absolute atomic E-state index is 0.366. The molecular formula is C12H18N2O3S. The van der Waals surface area contributed by atoms with Crippen molar-refractivity contribution in [2.24, 2.45) is 11.3 Å². The third kappa shape index (κ3) is 2.39. The van der Waals surface area contributed by atoms with Crippen LogP contribution in [0.15, 0.2) is 0 Å². The zero-order chi connectivity index (χ0) is 13.3. The molecule has 0 aromatic heterocycles. The molecule has 2 rings (SSSR count). The number of imide groups is 2. The smallest absolute Gasteiger partial charge is 0.277 e. The van der Waals surface area contributed by atoms with Crippen molar-refractivity contribution < 1.29 is 14.4 Å². The van der Waals surface area contributed by atoms with Gasteiger partial charge in [-0.2, -0.15) is 11.8 Å². The molecule has 0 unspecified atom stereocenters. The number of barbiturate groups is 1. The van der Waals surface area contributed by atoms with Gasteiger partial charge in [-0.1, -0.05) is 0 Å². The van der Waals surface area contributed by atoms with E-state index in [1.807, 2.05) is 11.8 Å². The Morgan fingerprint density at radius 3 is 2.50 bits per heavy atom. The zero-order valence-corrected chi connectivity index (χ0v) is 11.5. The Hall–Kier alpha value is -1.04. The minimum atomic E-state index is -1.14. The quantitative estimate of drug-likeness (QED) is 0.767. The molecule has 0 aromatic carbocycles. The summed E-state index contributed by atoms with van der Waals surface area (Å²) in [6, 6.07) is -0.567. The van der Waals surface area contributed by atoms with Crippen LogP contribution in [0, 0.1) is 11.3 Å². The fraction of sp³-hybridized carbons (Fsp3) is 0.750. The molecule has 0 atom stereocenters. The molecule has 2 aliphatic rings. The second kappa shape index (κ2) is 4.91. The highest BCUT2D eigenvalue weighted by Crippen LogP contribution is 2.28. The molecule has 0 aliphatic carbocycles. The van der Waals surface area contributed by atoms with Gasteiger partial charge < -0.3 is 0 Å². The summed E-state index contributed by atoms with van der Waals surface area (Å²) >= 11 is 1.90. The van der Waals surface area contributed by atoms with Crippen LogP contribution >= 0.6 is 11.8 Å². The molecule has 2 heterocycles. The van der Waals surface area contributed by atoms with Crippen LogP contribution in [0.25, 0.3) is 0 Å². The van der Waals surface area contributed by atoms with Crippen LogP contribution in [0.5, 0.6) is 0 Å². The van der Waals surface area contributed by atoms with Crippen molar-refractivity contribution in [3.8, 4) is 0 Å². The third-order valence-electron chi connectivity index (χ3n) is 3.59. The molecule has 2 fully saturated rings. The van der Waals surface area contributed by atoms with Crippen LogP contribution in [0.4, 0.5) is 4.79 Å². The number of urea groups is 1. The summed E-state index contributed by atoms with van der Waals surface area (Å²) in [5.41, 5.74) is -1.14. The molecule has 0 bridgehead atoms. The molecule has 18 heavy (non-hydrogen) atoms. The van der Waals surface area contributed by atoms with E-state index in [0.717, 1.165) is 24.3 Å². The average molecular weight is 270 g/mol. The molecule has 100 valence electrons. The maximum absolute atomic E-state index is 12.2. The van der Waals surface area contributed by atoms with Gasteiger partial charge in [0.25, 0.3) is 0 Å². The highest BCUT2D eigenvalue weighted by molar-refractivity contribution is 7.99. The molecule has 5 nitrogen and oxygen atoms in total. The van der Waals surface area contributed by atoms with Crippen molar-refractivity contribution in [3.05, 3.63) is 0 Å². The van der Waals surface area contributed by atoms with Crippen molar-refractivity contribution in [2.45, 2.75) is 26.7 Å². The van der Waals surface area contributed by atoms with Crippen LogP contribution in [0.1, 0.15) is 26.7 Å². The lowest BCUT2D eigenvalue weighted by Crippen LogP contribution is -2.62. The van der Waals surface area contributed by atoms with E-state index in [0.29, 0.717) is 12.5 Å². The standard InChI is InChI=1S/C12H18N2O3S/c1-12(2)9(15)13-11(17)14(10(12)16)7-8-3-5-18-6-4-8/h8H,3-7H2,1-2H3,(H,13,15,17). The predicted octanol–water partition coefficient (Wildman–Crippen LogP) is 1.23. The first kappa shape index (κ1) is 13.4. The fourth-order valence-corrected chi connectivity index (χ4v) is 3.40. The molecule has 4 amide bonds. The molecule has 2 aliphatic heterocycles. The van der Waals surface area contributed by atoms with E-state index in [9.17, 15) is 14.4 Å². The molecule has 0 saturated carbocycles. The first-order valence-corrected chi connectivity index (χ1v) is 7.33. The number of carbonyl (C=O) groups is 3. The van der Waals surface area contributed by atoms with Crippen molar-refractivity contribution in [3.63, 3.8) is 0 Å². The number of rotatable bonds is 2. The van der Waals surface area contributed by atoms with Crippen molar-refractivity contribution >= 4 is 29.6 Å². The van der Waals surface area contributed by atoms with E-state index in [-0.39, 0.29) is 5.91 Å². The lowest BCUT2D eigenvalue weighted by molar-refractivity contribution is -0.149. The van der Waals surface area contributed by atoms with E-state index in [2.05, 4.69) is 5.32 Å². The van der Waals surface area contributed by atoms with Crippen LogP contribution in [-0.4, -0.2) is 40.8 Å². The number of amides is 4. The highest BCUT2D eigenvalue weighted by atomic mass is 32.2. The van der Waals surface area contributed by atoms with E-state index in [1.165, 1.54) is 4.90 Å². The van der Waals surface area contributed by atoms with Crippen LogP contribution in [0.2, 0.25) is 0 Å². The SMILES string of the molecule is CC1(C)C(=O)NC(=O)N(CC2CCSCC2)C1=O. The maximum Gasteiger partial charge on any atom is 0.330 e. The average Bonchev–Trinajstić information content (AvgIpc) is 2.34. The van der Waals surface area contributed by atoms with Crippen LogP contribution in [0.3, 0.4) is 0 Å². The number of hydrogen-bond acceptors (Lipinski definition) is 4. The summed E-state index contributed by atoms with van der Waals surface area (Å²) in [5.74, 6) is 1.64. The minimum Gasteiger partial charge on any atom is -0.277 e. The van der Waals surface area contributed by atoms with Gasteiger partial charge in [-0.3, -0.25) is 19.8 Å². The number of thioether (sulfide) groups is 1. The van der Waals surface area contributed by atoms with Gasteiger partial charge in [0.1, 0.15) is 5.41 Å². The largest absolute Gasteiger partial charge is 0.330 e. The molecule has 0 radical (unpaired) electrons. The first-order chi connectivity index (χ1) is 8.43. The Balaban J connectivity index is 2.08. The molecular weight excluding hydrogens is 252 g/mol. The molecule has 0 aromatic rings. The summed E-state index contributed by atoms with van der Waals surface area (Å²) in [4.78, 5) is 36.7. The second-order valence-electron chi connectivity index (χ2n) is 5.36. The Bertz CT molecular complexity index is 389. The molecule has 0 spiro atoms. The lowest BCUT2D eigenvalue weighted by atomic mass is 9.88. The molecule has 6 heteroatoms. The Morgan fingerprint density at radius 2 is 1.89 bits per heavy atom. The third-order valence-corrected chi connectivity index (χ3v) is 4.64. The monoisotopic (exact) mass is 270 g/mol. The Labute approximate surface area is 111 Å². The lowest BCUT2D eigenvalue weighted by Gasteiger charge is -2.36. The summed E-state index contributed by atoms with van der Waals surface area (Å²) in [5, 5.41) is 2.26. The predicted molar refractivity (Wildman–Crippen MR) is 69.1 cm³/mol. The number of nitrogens with one attached hydrogen (secondary N) is 1. The molecule has 2 saturated heterocycles. The van der Waals surface area contributed by atoms with Gasteiger partial charge in [0.2, 0.25) is 11.8 Å². The van der Waals surface area contributed by atoms with Gasteiger partial charge in [0, 0.05) is 6.54 Å². The molecule has 1 N–H and O–H groups in total. The van der Waals surface area contributed by atoms with Crippen molar-refractivity contribution in [1.82, 2.24) is 10.2 Å². The van der Waals surface area contributed by atoms with Crippen LogP contribution in [-0.2, 0) is 9.59 Å². The van der Waals surface area contributed by atoms with Crippen LogP contribution < -0.4 is 5.32 Å².